The molecule has 1 fully saturated rings. The van der Waals surface area contributed by atoms with Gasteiger partial charge in [0, 0.05) is 11.0 Å². The van der Waals surface area contributed by atoms with Crippen molar-refractivity contribution in [2.24, 2.45) is 4.40 Å². The first-order valence-corrected chi connectivity index (χ1v) is 9.05. The Labute approximate surface area is 130 Å². The van der Waals surface area contributed by atoms with E-state index in [2.05, 4.69) is 20.3 Å². The van der Waals surface area contributed by atoms with E-state index in [1.54, 1.807) is 26.0 Å². The standard InChI is InChI=1S/C12H13BrN2O3S2/c1-3-15-11(16)8(2)19-12(15)14-20(17,18)10-6-4-9(13)5-7-10/h4-8H,3H2,1-2H3. The second-order valence-corrected chi connectivity index (χ2v) is 7.97. The summed E-state index contributed by atoms with van der Waals surface area (Å²) in [5, 5.41) is -0.0539. The number of amidine groups is 1. The molecule has 0 saturated carbocycles. The summed E-state index contributed by atoms with van der Waals surface area (Å²) >= 11 is 4.42. The zero-order valence-corrected chi connectivity index (χ0v) is 14.1. The lowest BCUT2D eigenvalue weighted by Gasteiger charge is -2.12. The van der Waals surface area contributed by atoms with Crippen molar-refractivity contribution >= 4 is 48.8 Å². The van der Waals surface area contributed by atoms with E-state index in [4.69, 9.17) is 0 Å². The lowest BCUT2D eigenvalue weighted by Crippen LogP contribution is -2.31. The molecular weight excluding hydrogens is 364 g/mol. The maximum Gasteiger partial charge on any atom is 0.284 e. The third-order valence-corrected chi connectivity index (χ3v) is 5.76. The summed E-state index contributed by atoms with van der Waals surface area (Å²) in [5.41, 5.74) is 0. The Kier molecular flexibility index (Phi) is 4.55. The van der Waals surface area contributed by atoms with Crippen LogP contribution in [-0.2, 0) is 14.8 Å². The second kappa shape index (κ2) is 5.87. The van der Waals surface area contributed by atoms with Gasteiger partial charge < -0.3 is 0 Å². The van der Waals surface area contributed by atoms with Gasteiger partial charge in [0.1, 0.15) is 0 Å². The minimum Gasteiger partial charge on any atom is -0.290 e. The van der Waals surface area contributed by atoms with Crippen LogP contribution in [0.15, 0.2) is 38.0 Å². The minimum absolute atomic E-state index is 0.108. The molecule has 1 heterocycles. The fourth-order valence-electron chi connectivity index (χ4n) is 1.71. The van der Waals surface area contributed by atoms with E-state index >= 15 is 0 Å². The van der Waals surface area contributed by atoms with E-state index in [0.717, 1.165) is 4.47 Å². The molecule has 8 heteroatoms. The Bertz CT molecular complexity index is 656. The summed E-state index contributed by atoms with van der Waals surface area (Å²) < 4.78 is 29.0. The first-order valence-electron chi connectivity index (χ1n) is 5.93. The van der Waals surface area contributed by atoms with Gasteiger partial charge >= 0.3 is 0 Å². The van der Waals surface area contributed by atoms with Gasteiger partial charge in [-0.2, -0.15) is 8.42 Å². The van der Waals surface area contributed by atoms with Gasteiger partial charge in [-0.3, -0.25) is 9.69 Å². The number of hydrogen-bond donors (Lipinski definition) is 0. The summed E-state index contributed by atoms with van der Waals surface area (Å²) in [6.07, 6.45) is 0. The van der Waals surface area contributed by atoms with Crippen molar-refractivity contribution < 1.29 is 13.2 Å². The van der Waals surface area contributed by atoms with Gasteiger partial charge in [-0.05, 0) is 38.1 Å². The van der Waals surface area contributed by atoms with Gasteiger partial charge in [-0.15, -0.1) is 4.40 Å². The Balaban J connectivity index is 2.38. The zero-order valence-electron chi connectivity index (χ0n) is 10.9. The van der Waals surface area contributed by atoms with Gasteiger partial charge in [0.25, 0.3) is 10.0 Å². The van der Waals surface area contributed by atoms with Gasteiger partial charge in [-0.1, -0.05) is 27.7 Å². The highest BCUT2D eigenvalue weighted by Crippen LogP contribution is 2.28. The molecule has 0 N–H and O–H groups in total. The fraction of sp³-hybridized carbons (Fsp3) is 0.333. The van der Waals surface area contributed by atoms with E-state index in [-0.39, 0.29) is 21.2 Å². The van der Waals surface area contributed by atoms with Gasteiger partial charge in [0.2, 0.25) is 5.91 Å². The quantitative estimate of drug-likeness (QED) is 0.812. The van der Waals surface area contributed by atoms with Gasteiger partial charge in [-0.25, -0.2) is 0 Å². The van der Waals surface area contributed by atoms with Crippen LogP contribution in [0.3, 0.4) is 0 Å². The van der Waals surface area contributed by atoms with Crippen molar-refractivity contribution in [3.63, 3.8) is 0 Å². The number of amides is 1. The second-order valence-electron chi connectivity index (χ2n) is 4.15. The Morgan fingerprint density at radius 1 is 1.35 bits per heavy atom. The van der Waals surface area contributed by atoms with E-state index in [9.17, 15) is 13.2 Å². The molecule has 0 bridgehead atoms. The highest BCUT2D eigenvalue weighted by Gasteiger charge is 2.35. The Morgan fingerprint density at radius 3 is 2.50 bits per heavy atom. The third-order valence-electron chi connectivity index (χ3n) is 2.75. The van der Waals surface area contributed by atoms with Crippen molar-refractivity contribution in [1.82, 2.24) is 4.90 Å². The van der Waals surface area contributed by atoms with Crippen molar-refractivity contribution in [2.45, 2.75) is 24.0 Å². The van der Waals surface area contributed by atoms with Crippen molar-refractivity contribution in [3.05, 3.63) is 28.7 Å². The smallest absolute Gasteiger partial charge is 0.284 e. The lowest BCUT2D eigenvalue weighted by molar-refractivity contribution is -0.125. The zero-order chi connectivity index (χ0) is 14.9. The van der Waals surface area contributed by atoms with Crippen molar-refractivity contribution in [3.8, 4) is 0 Å². The van der Waals surface area contributed by atoms with Crippen LogP contribution < -0.4 is 0 Å². The SMILES string of the molecule is CCN1C(=O)C(C)SC1=NS(=O)(=O)c1ccc(Br)cc1. The summed E-state index contributed by atoms with van der Waals surface area (Å²) in [5.74, 6) is -0.109. The van der Waals surface area contributed by atoms with Crippen molar-refractivity contribution in [2.75, 3.05) is 6.54 Å². The number of sulfonamides is 1. The molecule has 5 nitrogen and oxygen atoms in total. The minimum atomic E-state index is -3.80. The van der Waals surface area contributed by atoms with Crippen LogP contribution in [0.4, 0.5) is 0 Å². The van der Waals surface area contributed by atoms with Crippen LogP contribution in [0.25, 0.3) is 0 Å². The van der Waals surface area contributed by atoms with Gasteiger partial charge in [0.15, 0.2) is 5.17 Å². The molecule has 108 valence electrons. The number of carbonyl (C=O) groups excluding carboxylic acids is 1. The molecule has 0 radical (unpaired) electrons. The number of nitrogens with zero attached hydrogens (tertiary/aromatic N) is 2. The number of benzene rings is 1. The number of halogens is 1. The first kappa shape index (κ1) is 15.5. The molecule has 0 spiro atoms. The number of thioether (sulfide) groups is 1. The molecule has 20 heavy (non-hydrogen) atoms. The molecule has 1 unspecified atom stereocenters. The summed E-state index contributed by atoms with van der Waals surface area (Å²) in [7, 11) is -3.80. The molecule has 1 aliphatic rings. The topological polar surface area (TPSA) is 66.8 Å². The van der Waals surface area contributed by atoms with Crippen LogP contribution in [0.2, 0.25) is 0 Å². The molecule has 1 aromatic rings. The molecular formula is C12H13BrN2O3S2. The fourth-order valence-corrected chi connectivity index (χ4v) is 4.22. The highest BCUT2D eigenvalue weighted by atomic mass is 79.9. The summed E-state index contributed by atoms with van der Waals surface area (Å²) in [4.78, 5) is 13.3. The molecule has 0 aromatic heterocycles. The molecule has 1 amide bonds. The molecule has 1 aliphatic heterocycles. The average molecular weight is 377 g/mol. The van der Waals surface area contributed by atoms with E-state index in [1.807, 2.05) is 0 Å². The van der Waals surface area contributed by atoms with E-state index in [1.165, 1.54) is 28.8 Å². The third kappa shape index (κ3) is 3.07. The number of carbonyl (C=O) groups is 1. The number of rotatable bonds is 3. The average Bonchev–Trinajstić information content (AvgIpc) is 2.64. The highest BCUT2D eigenvalue weighted by molar-refractivity contribution is 9.10. The van der Waals surface area contributed by atoms with E-state index < -0.39 is 10.0 Å². The van der Waals surface area contributed by atoms with Crippen LogP contribution in [0.5, 0.6) is 0 Å². The van der Waals surface area contributed by atoms with Gasteiger partial charge in [0.05, 0.1) is 10.1 Å². The maximum atomic E-state index is 12.2. The van der Waals surface area contributed by atoms with Crippen LogP contribution in [-0.4, -0.2) is 36.2 Å². The summed E-state index contributed by atoms with van der Waals surface area (Å²) in [6, 6.07) is 6.23. The normalized spacial score (nSPS) is 21.8. The monoisotopic (exact) mass is 376 g/mol. The lowest BCUT2D eigenvalue weighted by atomic mass is 10.4. The van der Waals surface area contributed by atoms with Crippen molar-refractivity contribution in [1.29, 1.82) is 0 Å². The predicted octanol–water partition coefficient (Wildman–Crippen LogP) is 2.48. The molecule has 1 aromatic carbocycles. The van der Waals surface area contributed by atoms with Crippen LogP contribution >= 0.6 is 27.7 Å². The Hall–Kier alpha value is -0.860. The maximum absolute atomic E-state index is 12.2. The van der Waals surface area contributed by atoms with Crippen LogP contribution in [0, 0.1) is 0 Å². The molecule has 1 saturated heterocycles. The van der Waals surface area contributed by atoms with Crippen LogP contribution in [0.1, 0.15) is 13.8 Å². The number of hydrogen-bond acceptors (Lipinski definition) is 4. The summed E-state index contributed by atoms with van der Waals surface area (Å²) in [6.45, 7) is 3.94. The Morgan fingerprint density at radius 2 is 1.95 bits per heavy atom. The first-order chi connectivity index (χ1) is 9.35. The largest absolute Gasteiger partial charge is 0.290 e. The molecule has 1 atom stereocenters. The molecule has 2 rings (SSSR count). The van der Waals surface area contributed by atoms with E-state index in [0.29, 0.717) is 6.54 Å². The predicted molar refractivity (Wildman–Crippen MR) is 83.2 cm³/mol. The molecule has 0 aliphatic carbocycles.